The fraction of sp³-hybridized carbons (Fsp3) is 0.545. The summed E-state index contributed by atoms with van der Waals surface area (Å²) in [6.45, 7) is 3.24. The number of carbonyl (C=O) groups is 4. The second-order valence-corrected chi connectivity index (χ2v) is 8.60. The molecule has 0 aliphatic rings. The topological polar surface area (TPSA) is 151 Å². The van der Waals surface area contributed by atoms with Crippen molar-refractivity contribution in [3.8, 4) is 0 Å². The van der Waals surface area contributed by atoms with Gasteiger partial charge < -0.3 is 26.8 Å². The molecule has 1 rings (SSSR count). The zero-order chi connectivity index (χ0) is 24.1. The summed E-state index contributed by atoms with van der Waals surface area (Å²) in [7, 11) is 0. The van der Waals surface area contributed by atoms with E-state index in [1.54, 1.807) is 12.1 Å². The van der Waals surface area contributed by atoms with Crippen molar-refractivity contribution in [2.45, 2.75) is 51.2 Å². The van der Waals surface area contributed by atoms with Gasteiger partial charge in [0.25, 0.3) is 0 Å². The summed E-state index contributed by atoms with van der Waals surface area (Å²) in [5.41, 5.74) is 6.80. The lowest BCUT2D eigenvalue weighted by Crippen LogP contribution is -2.57. The molecular formula is C22H34N4O5S. The second kappa shape index (κ2) is 14.5. The van der Waals surface area contributed by atoms with E-state index in [1.807, 2.05) is 38.3 Å². The molecule has 0 spiro atoms. The lowest BCUT2D eigenvalue weighted by Gasteiger charge is -2.25. The summed E-state index contributed by atoms with van der Waals surface area (Å²) >= 11 is 1.53. The molecule has 3 amide bonds. The van der Waals surface area contributed by atoms with Gasteiger partial charge in [-0.1, -0.05) is 50.6 Å². The molecule has 0 saturated carbocycles. The third kappa shape index (κ3) is 9.69. The number of carboxylic acids is 1. The van der Waals surface area contributed by atoms with E-state index in [1.165, 1.54) is 11.8 Å². The van der Waals surface area contributed by atoms with Crippen LogP contribution in [0.25, 0.3) is 0 Å². The molecule has 0 aliphatic heterocycles. The molecule has 0 fully saturated rings. The molecule has 4 unspecified atom stereocenters. The number of benzene rings is 1. The lowest BCUT2D eigenvalue weighted by molar-refractivity contribution is -0.138. The molecule has 0 bridgehead atoms. The molecule has 4 atom stereocenters. The Labute approximate surface area is 193 Å². The van der Waals surface area contributed by atoms with Crippen LogP contribution >= 0.6 is 11.8 Å². The third-order valence-corrected chi connectivity index (χ3v) is 5.78. The van der Waals surface area contributed by atoms with Gasteiger partial charge in [-0.25, -0.2) is 0 Å². The number of rotatable bonds is 14. The van der Waals surface area contributed by atoms with Crippen molar-refractivity contribution < 1.29 is 24.3 Å². The zero-order valence-corrected chi connectivity index (χ0v) is 19.6. The van der Waals surface area contributed by atoms with Crippen LogP contribution in [0.4, 0.5) is 0 Å². The maximum atomic E-state index is 13.0. The van der Waals surface area contributed by atoms with E-state index in [0.717, 1.165) is 12.0 Å². The van der Waals surface area contributed by atoms with E-state index in [2.05, 4.69) is 16.0 Å². The Hall–Kier alpha value is -2.59. The molecule has 0 aliphatic carbocycles. The Kier molecular flexibility index (Phi) is 12.4. The number of carboxylic acid groups (broad SMARTS) is 1. The molecule has 0 aromatic heterocycles. The van der Waals surface area contributed by atoms with Gasteiger partial charge in [0.05, 0.1) is 6.04 Å². The molecule has 1 aromatic rings. The van der Waals surface area contributed by atoms with Crippen LogP contribution in [0.15, 0.2) is 30.3 Å². The Morgan fingerprint density at radius 1 is 1.03 bits per heavy atom. The van der Waals surface area contributed by atoms with E-state index < -0.39 is 48.4 Å². The molecule has 0 heterocycles. The first kappa shape index (κ1) is 27.4. The standard InChI is InChI=1S/C22H34N4O5S/c1-4-14(2)19(23)22(31)25-16(10-11-32-3)21(30)26-17(20(29)24-13-18(27)28)12-15-8-6-5-7-9-15/h5-9,14,16-17,19H,4,10-13,23H2,1-3H3,(H,24,29)(H,25,31)(H,26,30)(H,27,28). The SMILES string of the molecule is CCC(C)C(N)C(=O)NC(CCSC)C(=O)NC(Cc1ccccc1)C(=O)NCC(=O)O. The lowest BCUT2D eigenvalue weighted by atomic mass is 9.99. The molecular weight excluding hydrogens is 432 g/mol. The first-order valence-corrected chi connectivity index (χ1v) is 12.0. The van der Waals surface area contributed by atoms with Gasteiger partial charge >= 0.3 is 5.97 Å². The van der Waals surface area contributed by atoms with E-state index in [-0.39, 0.29) is 12.3 Å². The monoisotopic (exact) mass is 466 g/mol. The number of thioether (sulfide) groups is 1. The minimum atomic E-state index is -1.19. The molecule has 0 radical (unpaired) electrons. The minimum absolute atomic E-state index is 0.0492. The van der Waals surface area contributed by atoms with Crippen LogP contribution in [0.2, 0.25) is 0 Å². The van der Waals surface area contributed by atoms with Gasteiger partial charge in [-0.15, -0.1) is 0 Å². The molecule has 9 nitrogen and oxygen atoms in total. The smallest absolute Gasteiger partial charge is 0.322 e. The summed E-state index contributed by atoms with van der Waals surface area (Å²) < 4.78 is 0. The average molecular weight is 467 g/mol. The molecule has 178 valence electrons. The largest absolute Gasteiger partial charge is 0.480 e. The van der Waals surface area contributed by atoms with Crippen LogP contribution in [-0.4, -0.2) is 65.5 Å². The van der Waals surface area contributed by atoms with E-state index in [4.69, 9.17) is 10.8 Å². The summed E-state index contributed by atoms with van der Waals surface area (Å²) in [4.78, 5) is 49.0. The van der Waals surface area contributed by atoms with Crippen LogP contribution in [0, 0.1) is 5.92 Å². The van der Waals surface area contributed by atoms with Crippen molar-refractivity contribution >= 4 is 35.5 Å². The van der Waals surface area contributed by atoms with Crippen molar-refractivity contribution in [3.05, 3.63) is 35.9 Å². The summed E-state index contributed by atoms with van der Waals surface area (Å²) in [5.74, 6) is -2.17. The zero-order valence-electron chi connectivity index (χ0n) is 18.8. The van der Waals surface area contributed by atoms with E-state index >= 15 is 0 Å². The van der Waals surface area contributed by atoms with Crippen LogP contribution < -0.4 is 21.7 Å². The Morgan fingerprint density at radius 2 is 1.66 bits per heavy atom. The van der Waals surface area contributed by atoms with Gasteiger partial charge in [-0.3, -0.25) is 19.2 Å². The summed E-state index contributed by atoms with van der Waals surface area (Å²) in [5, 5.41) is 16.5. The highest BCUT2D eigenvalue weighted by atomic mass is 32.2. The number of hydrogen-bond donors (Lipinski definition) is 5. The van der Waals surface area contributed by atoms with E-state index in [0.29, 0.717) is 12.2 Å². The maximum absolute atomic E-state index is 13.0. The maximum Gasteiger partial charge on any atom is 0.322 e. The van der Waals surface area contributed by atoms with Crippen LogP contribution in [-0.2, 0) is 25.6 Å². The highest BCUT2D eigenvalue weighted by molar-refractivity contribution is 7.98. The number of carbonyl (C=O) groups excluding carboxylic acids is 3. The van der Waals surface area contributed by atoms with Crippen LogP contribution in [0.1, 0.15) is 32.3 Å². The number of nitrogens with two attached hydrogens (primary N) is 1. The normalized spacial score (nSPS) is 14.5. The van der Waals surface area contributed by atoms with E-state index in [9.17, 15) is 19.2 Å². The quantitative estimate of drug-likeness (QED) is 0.268. The highest BCUT2D eigenvalue weighted by Gasteiger charge is 2.29. The fourth-order valence-corrected chi connectivity index (χ4v) is 3.37. The molecule has 1 aromatic carbocycles. The van der Waals surface area contributed by atoms with Crippen molar-refractivity contribution in [2.75, 3.05) is 18.6 Å². The Balaban J connectivity index is 2.97. The van der Waals surface area contributed by atoms with Gasteiger partial charge in [-0.05, 0) is 29.9 Å². The van der Waals surface area contributed by atoms with Gasteiger partial charge in [0.2, 0.25) is 17.7 Å². The number of hydrogen-bond acceptors (Lipinski definition) is 6. The average Bonchev–Trinajstić information content (AvgIpc) is 2.78. The van der Waals surface area contributed by atoms with Crippen molar-refractivity contribution in [2.24, 2.45) is 11.7 Å². The van der Waals surface area contributed by atoms with Gasteiger partial charge in [-0.2, -0.15) is 11.8 Å². The van der Waals surface area contributed by atoms with Crippen molar-refractivity contribution in [3.63, 3.8) is 0 Å². The first-order chi connectivity index (χ1) is 15.2. The van der Waals surface area contributed by atoms with Crippen molar-refractivity contribution in [1.29, 1.82) is 0 Å². The number of amides is 3. The fourth-order valence-electron chi connectivity index (χ4n) is 2.90. The number of nitrogens with one attached hydrogen (secondary N) is 3. The predicted molar refractivity (Wildman–Crippen MR) is 125 cm³/mol. The van der Waals surface area contributed by atoms with Gasteiger partial charge in [0.1, 0.15) is 18.6 Å². The second-order valence-electron chi connectivity index (χ2n) is 7.62. The summed E-state index contributed by atoms with van der Waals surface area (Å²) in [6, 6.07) is 6.45. The minimum Gasteiger partial charge on any atom is -0.480 e. The number of aliphatic carboxylic acids is 1. The summed E-state index contributed by atoms with van der Waals surface area (Å²) in [6.07, 6.45) is 3.15. The molecule has 10 heteroatoms. The molecule has 32 heavy (non-hydrogen) atoms. The van der Waals surface area contributed by atoms with Gasteiger partial charge in [0.15, 0.2) is 0 Å². The van der Waals surface area contributed by atoms with Crippen LogP contribution in [0.3, 0.4) is 0 Å². The molecule has 0 saturated heterocycles. The van der Waals surface area contributed by atoms with Crippen LogP contribution in [0.5, 0.6) is 0 Å². The third-order valence-electron chi connectivity index (χ3n) is 5.13. The highest BCUT2D eigenvalue weighted by Crippen LogP contribution is 2.09. The Bertz CT molecular complexity index is 762. The predicted octanol–water partition coefficient (Wildman–Crippen LogP) is 0.526. The first-order valence-electron chi connectivity index (χ1n) is 10.6. The Morgan fingerprint density at radius 3 is 2.22 bits per heavy atom. The molecule has 6 N–H and O–H groups in total. The van der Waals surface area contributed by atoms with Gasteiger partial charge in [0, 0.05) is 6.42 Å². The van der Waals surface area contributed by atoms with Crippen molar-refractivity contribution in [1.82, 2.24) is 16.0 Å².